The van der Waals surface area contributed by atoms with Crippen LogP contribution in [-0.4, -0.2) is 37.2 Å². The minimum Gasteiger partial charge on any atom is -0.489 e. The van der Waals surface area contributed by atoms with Crippen LogP contribution in [0.25, 0.3) is 11.1 Å². The summed E-state index contributed by atoms with van der Waals surface area (Å²) in [5.41, 5.74) is 6.37. The summed E-state index contributed by atoms with van der Waals surface area (Å²) < 4.78 is 6.11. The predicted octanol–water partition coefficient (Wildman–Crippen LogP) is 5.06. The van der Waals surface area contributed by atoms with Gasteiger partial charge in [0.2, 0.25) is 0 Å². The topological polar surface area (TPSA) is 78.5 Å². The molecular weight excluding hydrogens is 462 g/mol. The van der Waals surface area contributed by atoms with Gasteiger partial charge in [-0.1, -0.05) is 42.5 Å². The van der Waals surface area contributed by atoms with Crippen LogP contribution < -0.4 is 25.6 Å². The molecule has 1 aliphatic rings. The number of amides is 2. The molecule has 3 N–H and O–H groups in total. The quantitative estimate of drug-likeness (QED) is 0.320. The van der Waals surface area contributed by atoms with Crippen LogP contribution >= 0.6 is 0 Å². The number of piperazine rings is 1. The van der Waals surface area contributed by atoms with E-state index < -0.39 is 0 Å². The van der Waals surface area contributed by atoms with E-state index in [1.54, 1.807) is 12.4 Å². The van der Waals surface area contributed by atoms with E-state index in [1.807, 2.05) is 42.5 Å². The van der Waals surface area contributed by atoms with Crippen molar-refractivity contribution in [2.24, 2.45) is 0 Å². The van der Waals surface area contributed by atoms with Gasteiger partial charge in [-0.05, 0) is 64.7 Å². The first-order valence-corrected chi connectivity index (χ1v) is 12.6. The number of carbonyl (C=O) groups excluding carboxylic acids is 1. The van der Waals surface area contributed by atoms with Crippen LogP contribution in [0.2, 0.25) is 0 Å². The van der Waals surface area contributed by atoms with Crippen molar-refractivity contribution in [1.82, 2.24) is 15.6 Å². The third-order valence-corrected chi connectivity index (χ3v) is 6.34. The van der Waals surface area contributed by atoms with Crippen LogP contribution in [0.3, 0.4) is 0 Å². The number of carbonyl (C=O) groups is 1. The lowest BCUT2D eigenvalue weighted by Gasteiger charge is -2.29. The van der Waals surface area contributed by atoms with Crippen LogP contribution in [0, 0.1) is 0 Å². The lowest BCUT2D eigenvalue weighted by atomic mass is 9.99. The maximum absolute atomic E-state index is 12.2. The number of pyridine rings is 1. The fourth-order valence-corrected chi connectivity index (χ4v) is 4.38. The van der Waals surface area contributed by atoms with E-state index in [1.165, 1.54) is 16.8 Å². The van der Waals surface area contributed by atoms with Gasteiger partial charge in [0, 0.05) is 56.5 Å². The molecule has 188 valence electrons. The molecule has 0 saturated carbocycles. The molecule has 1 saturated heterocycles. The largest absolute Gasteiger partial charge is 0.489 e. The number of benzene rings is 3. The first kappa shape index (κ1) is 24.3. The lowest BCUT2D eigenvalue weighted by Crippen LogP contribution is -2.43. The molecule has 5 rings (SSSR count). The highest BCUT2D eigenvalue weighted by atomic mass is 16.5. The van der Waals surface area contributed by atoms with Crippen LogP contribution in [0.1, 0.15) is 11.1 Å². The highest BCUT2D eigenvalue weighted by molar-refractivity contribution is 5.89. The number of urea groups is 1. The summed E-state index contributed by atoms with van der Waals surface area (Å²) >= 11 is 0. The van der Waals surface area contributed by atoms with Gasteiger partial charge in [0.05, 0.1) is 0 Å². The molecule has 0 spiro atoms. The number of rotatable bonds is 8. The van der Waals surface area contributed by atoms with Crippen molar-refractivity contribution in [3.63, 3.8) is 0 Å². The second-order valence-electron chi connectivity index (χ2n) is 8.93. The lowest BCUT2D eigenvalue weighted by molar-refractivity contribution is 0.251. The number of nitrogens with zero attached hydrogens (tertiary/aromatic N) is 2. The summed E-state index contributed by atoms with van der Waals surface area (Å²) in [6, 6.07) is 28.0. The third kappa shape index (κ3) is 6.65. The Morgan fingerprint density at radius 1 is 0.946 bits per heavy atom. The molecule has 7 nitrogen and oxygen atoms in total. The molecule has 0 radical (unpaired) electrons. The number of hydrogen-bond acceptors (Lipinski definition) is 5. The second-order valence-corrected chi connectivity index (χ2v) is 8.93. The highest BCUT2D eigenvalue weighted by Gasteiger charge is 2.12. The van der Waals surface area contributed by atoms with Gasteiger partial charge in [-0.3, -0.25) is 4.98 Å². The smallest absolute Gasteiger partial charge is 0.319 e. The Morgan fingerprint density at radius 3 is 2.59 bits per heavy atom. The highest BCUT2D eigenvalue weighted by Crippen LogP contribution is 2.29. The van der Waals surface area contributed by atoms with E-state index >= 15 is 0 Å². The molecule has 3 aromatic carbocycles. The summed E-state index contributed by atoms with van der Waals surface area (Å²) in [5, 5.41) is 9.08. The molecule has 1 aliphatic heterocycles. The normalized spacial score (nSPS) is 13.1. The van der Waals surface area contributed by atoms with Gasteiger partial charge in [-0.2, -0.15) is 0 Å². The fourth-order valence-electron chi connectivity index (χ4n) is 4.38. The summed E-state index contributed by atoms with van der Waals surface area (Å²) in [6.07, 6.45) is 3.44. The Kier molecular flexibility index (Phi) is 7.93. The number of anilines is 2. The Balaban J connectivity index is 1.19. The van der Waals surface area contributed by atoms with E-state index in [2.05, 4.69) is 68.3 Å². The maximum atomic E-state index is 12.2. The van der Waals surface area contributed by atoms with Gasteiger partial charge in [-0.15, -0.1) is 0 Å². The van der Waals surface area contributed by atoms with Crippen molar-refractivity contribution < 1.29 is 9.53 Å². The van der Waals surface area contributed by atoms with E-state index in [-0.39, 0.29) is 6.03 Å². The van der Waals surface area contributed by atoms with E-state index in [0.717, 1.165) is 43.1 Å². The summed E-state index contributed by atoms with van der Waals surface area (Å²) in [6.45, 7) is 4.93. The van der Waals surface area contributed by atoms with Crippen LogP contribution in [0.5, 0.6) is 5.75 Å². The van der Waals surface area contributed by atoms with Crippen molar-refractivity contribution in [1.29, 1.82) is 0 Å². The Morgan fingerprint density at radius 2 is 1.78 bits per heavy atom. The van der Waals surface area contributed by atoms with Gasteiger partial charge in [0.25, 0.3) is 0 Å². The first-order valence-electron chi connectivity index (χ1n) is 12.6. The molecule has 1 aromatic heterocycles. The van der Waals surface area contributed by atoms with Gasteiger partial charge < -0.3 is 25.6 Å². The van der Waals surface area contributed by atoms with Gasteiger partial charge in [-0.25, -0.2) is 4.79 Å². The van der Waals surface area contributed by atoms with Crippen LogP contribution in [-0.2, 0) is 13.2 Å². The second kappa shape index (κ2) is 12.1. The van der Waals surface area contributed by atoms with Crippen LogP contribution in [0.15, 0.2) is 97.3 Å². The average Bonchev–Trinajstić information content (AvgIpc) is 2.97. The Bertz CT molecular complexity index is 1310. The van der Waals surface area contributed by atoms with Crippen molar-refractivity contribution in [2.75, 3.05) is 36.4 Å². The standard InChI is InChI=1S/C30H31N5O2/c36-30(33-21-23-5-4-14-32-20-23)34-26-10-12-28(13-11-26)37-22-25-6-1-2-9-29(25)24-7-3-8-27(19-24)35-17-15-31-16-18-35/h1-14,19-20,31H,15-18,21-22H2,(H2,33,34,36). The van der Waals surface area contributed by atoms with E-state index in [4.69, 9.17) is 4.74 Å². The summed E-state index contributed by atoms with van der Waals surface area (Å²) in [7, 11) is 0. The zero-order valence-corrected chi connectivity index (χ0v) is 20.7. The van der Waals surface area contributed by atoms with Crippen molar-refractivity contribution in [3.05, 3.63) is 108 Å². The maximum Gasteiger partial charge on any atom is 0.319 e. The van der Waals surface area contributed by atoms with Crippen molar-refractivity contribution in [2.45, 2.75) is 13.2 Å². The number of ether oxygens (including phenoxy) is 1. The number of hydrogen-bond donors (Lipinski definition) is 3. The summed E-state index contributed by atoms with van der Waals surface area (Å²) in [5.74, 6) is 0.741. The number of aromatic nitrogens is 1. The SMILES string of the molecule is O=C(NCc1cccnc1)Nc1ccc(OCc2ccccc2-c2cccc(N3CCNCC3)c2)cc1. The molecule has 1 fully saturated rings. The van der Waals surface area contributed by atoms with Gasteiger partial charge in [0.1, 0.15) is 12.4 Å². The molecule has 2 amide bonds. The van der Waals surface area contributed by atoms with E-state index in [9.17, 15) is 4.79 Å². The van der Waals surface area contributed by atoms with Gasteiger partial charge >= 0.3 is 6.03 Å². The molecule has 37 heavy (non-hydrogen) atoms. The molecule has 2 heterocycles. The molecular formula is C30H31N5O2. The summed E-state index contributed by atoms with van der Waals surface area (Å²) in [4.78, 5) is 18.7. The monoisotopic (exact) mass is 493 g/mol. The van der Waals surface area contributed by atoms with Crippen molar-refractivity contribution >= 4 is 17.4 Å². The minimum absolute atomic E-state index is 0.269. The minimum atomic E-state index is -0.269. The fraction of sp³-hybridized carbons (Fsp3) is 0.200. The molecule has 0 bridgehead atoms. The molecule has 0 aliphatic carbocycles. The molecule has 7 heteroatoms. The zero-order chi connectivity index (χ0) is 25.3. The van der Waals surface area contributed by atoms with Crippen molar-refractivity contribution in [3.8, 4) is 16.9 Å². The van der Waals surface area contributed by atoms with E-state index in [0.29, 0.717) is 18.8 Å². The molecule has 4 aromatic rings. The zero-order valence-electron chi connectivity index (χ0n) is 20.7. The Labute approximate surface area is 217 Å². The predicted molar refractivity (Wildman–Crippen MR) is 148 cm³/mol. The Hall–Kier alpha value is -4.36. The van der Waals surface area contributed by atoms with Gasteiger partial charge in [0.15, 0.2) is 0 Å². The van der Waals surface area contributed by atoms with Crippen LogP contribution in [0.4, 0.5) is 16.2 Å². The average molecular weight is 494 g/mol. The first-order chi connectivity index (χ1) is 18.2. The third-order valence-electron chi connectivity index (χ3n) is 6.34. The number of nitrogens with one attached hydrogen (secondary N) is 3. The molecule has 0 unspecified atom stereocenters. The molecule has 0 atom stereocenters.